The fraction of sp³-hybridized carbons (Fsp3) is 0.450. The van der Waals surface area contributed by atoms with Crippen LogP contribution >= 0.6 is 0 Å². The topological polar surface area (TPSA) is 137 Å². The molecule has 0 heterocycles. The van der Waals surface area contributed by atoms with Crippen LogP contribution in [0, 0.1) is 11.2 Å². The van der Waals surface area contributed by atoms with Gasteiger partial charge in [0.15, 0.2) is 5.78 Å². The summed E-state index contributed by atoms with van der Waals surface area (Å²) < 4.78 is 17.9. The maximum Gasteiger partial charge on any atom is 0.245 e. The van der Waals surface area contributed by atoms with Gasteiger partial charge < -0.3 is 26.1 Å². The molecule has 0 aromatic heterocycles. The van der Waals surface area contributed by atoms with Crippen molar-refractivity contribution in [2.45, 2.75) is 44.8 Å². The van der Waals surface area contributed by atoms with Crippen molar-refractivity contribution in [3.8, 4) is 0 Å². The van der Waals surface area contributed by atoms with Crippen molar-refractivity contribution in [2.24, 2.45) is 0 Å². The first-order valence-corrected chi connectivity index (χ1v) is 9.44. The summed E-state index contributed by atoms with van der Waals surface area (Å²) in [6.45, 7) is 1.63. The van der Waals surface area contributed by atoms with Crippen molar-refractivity contribution in [2.75, 3.05) is 13.7 Å². The van der Waals surface area contributed by atoms with E-state index in [1.54, 1.807) is 6.92 Å². The summed E-state index contributed by atoms with van der Waals surface area (Å²) in [7, 11) is 1.37. The van der Waals surface area contributed by atoms with Gasteiger partial charge >= 0.3 is 0 Å². The second-order valence-corrected chi connectivity index (χ2v) is 6.48. The van der Waals surface area contributed by atoms with Gasteiger partial charge in [-0.25, -0.2) is 4.39 Å². The molecule has 2 atom stereocenters. The quantitative estimate of drug-likeness (QED) is 0.342. The number of carbonyl (C=O) groups excluding carboxylic acids is 4. The minimum atomic E-state index is -1.07. The number of hydrogen-bond acceptors (Lipinski definition) is 6. The zero-order chi connectivity index (χ0) is 22.5. The van der Waals surface area contributed by atoms with E-state index < -0.39 is 35.5 Å². The largest absolute Gasteiger partial charge is 0.382 e. The Hall–Kier alpha value is -3.14. The molecule has 9 nitrogen and oxygen atoms in total. The van der Waals surface area contributed by atoms with Crippen LogP contribution in [0.3, 0.4) is 0 Å². The van der Waals surface area contributed by atoms with Crippen LogP contribution < -0.4 is 16.0 Å². The average molecular weight is 422 g/mol. The van der Waals surface area contributed by atoms with Crippen LogP contribution in [0.5, 0.6) is 0 Å². The molecule has 1 aromatic carbocycles. The molecule has 0 spiro atoms. The number of halogens is 1. The third-order valence-corrected chi connectivity index (χ3v) is 4.16. The summed E-state index contributed by atoms with van der Waals surface area (Å²) in [5, 5.41) is 14.6. The number of benzene rings is 1. The van der Waals surface area contributed by atoms with Crippen molar-refractivity contribution in [1.82, 2.24) is 16.0 Å². The van der Waals surface area contributed by atoms with Gasteiger partial charge in [-0.05, 0) is 24.1 Å². The number of amides is 3. The Morgan fingerprint density at radius 1 is 1.10 bits per heavy atom. The molecule has 1 aromatic rings. The van der Waals surface area contributed by atoms with Gasteiger partial charge in [0.1, 0.15) is 17.9 Å². The number of rotatable bonds is 13. The number of carbonyl (C=O) groups is 4. The van der Waals surface area contributed by atoms with E-state index in [1.165, 1.54) is 31.4 Å². The smallest absolute Gasteiger partial charge is 0.245 e. The highest BCUT2D eigenvalue weighted by Gasteiger charge is 2.26. The standard InChI is InChI=1S/C20H27FN4O5/c1-3-18(27)24-17(12-30-2)20(29)25-16(9-8-15(26)10-22)19(28)23-11-13-4-6-14(21)7-5-13/h4-7,10,16-17,22H,3,8-9,11-12H2,1-2H3,(H,23,28)(H,24,27)(H,25,29)/t16-,17-/m0/s1. The minimum Gasteiger partial charge on any atom is -0.382 e. The monoisotopic (exact) mass is 422 g/mol. The molecule has 10 heteroatoms. The Bertz CT molecular complexity index is 754. The molecule has 30 heavy (non-hydrogen) atoms. The van der Waals surface area contributed by atoms with Gasteiger partial charge in [-0.3, -0.25) is 19.2 Å². The number of ether oxygens (including phenoxy) is 1. The van der Waals surface area contributed by atoms with Crippen molar-refractivity contribution >= 4 is 29.7 Å². The molecule has 0 bridgehead atoms. The lowest BCUT2D eigenvalue weighted by Gasteiger charge is -2.22. The Morgan fingerprint density at radius 2 is 1.77 bits per heavy atom. The number of hydrogen-bond donors (Lipinski definition) is 4. The van der Waals surface area contributed by atoms with Gasteiger partial charge in [-0.2, -0.15) is 0 Å². The third-order valence-electron chi connectivity index (χ3n) is 4.16. The Balaban J connectivity index is 2.83. The van der Waals surface area contributed by atoms with E-state index in [1.807, 2.05) is 0 Å². The summed E-state index contributed by atoms with van der Waals surface area (Å²) in [5.74, 6) is -2.44. The van der Waals surface area contributed by atoms with Gasteiger partial charge in [0.25, 0.3) is 0 Å². The minimum absolute atomic E-state index is 0.0311. The van der Waals surface area contributed by atoms with Crippen molar-refractivity contribution in [1.29, 1.82) is 5.41 Å². The Labute approximate surface area is 174 Å². The summed E-state index contributed by atoms with van der Waals surface area (Å²) in [6, 6.07) is 3.46. The van der Waals surface area contributed by atoms with Gasteiger partial charge in [0, 0.05) is 26.5 Å². The van der Waals surface area contributed by atoms with Crippen LogP contribution in [0.1, 0.15) is 31.7 Å². The molecule has 0 saturated heterocycles. The summed E-state index contributed by atoms with van der Waals surface area (Å²) in [6.07, 6.45) is 0.665. The van der Waals surface area contributed by atoms with E-state index in [9.17, 15) is 23.6 Å². The molecule has 0 saturated carbocycles. The molecular weight excluding hydrogens is 395 g/mol. The van der Waals surface area contributed by atoms with Gasteiger partial charge in [-0.1, -0.05) is 19.1 Å². The van der Waals surface area contributed by atoms with Crippen LogP contribution in [-0.4, -0.2) is 55.5 Å². The molecule has 0 radical (unpaired) electrons. The molecule has 0 aliphatic carbocycles. The predicted molar refractivity (Wildman–Crippen MR) is 107 cm³/mol. The van der Waals surface area contributed by atoms with E-state index >= 15 is 0 Å². The van der Waals surface area contributed by atoms with Gasteiger partial charge in [-0.15, -0.1) is 0 Å². The summed E-state index contributed by atoms with van der Waals surface area (Å²) in [5.41, 5.74) is 0.651. The molecule has 0 aliphatic rings. The first-order chi connectivity index (χ1) is 14.3. The maximum absolute atomic E-state index is 13.0. The molecule has 0 fully saturated rings. The second-order valence-electron chi connectivity index (χ2n) is 6.48. The lowest BCUT2D eigenvalue weighted by Crippen LogP contribution is -2.55. The number of Topliss-reactive ketones (excluding diaryl/α,β-unsaturated/α-hetero) is 1. The van der Waals surface area contributed by atoms with Gasteiger partial charge in [0.2, 0.25) is 17.7 Å². The Morgan fingerprint density at radius 3 is 2.33 bits per heavy atom. The highest BCUT2D eigenvalue weighted by atomic mass is 19.1. The average Bonchev–Trinajstić information content (AvgIpc) is 2.74. The fourth-order valence-corrected chi connectivity index (χ4v) is 2.46. The lowest BCUT2D eigenvalue weighted by molar-refractivity contribution is -0.133. The van der Waals surface area contributed by atoms with E-state index in [0.29, 0.717) is 11.8 Å². The third kappa shape index (κ3) is 8.91. The molecule has 0 unspecified atom stereocenters. The number of ketones is 1. The van der Waals surface area contributed by atoms with E-state index in [4.69, 9.17) is 10.1 Å². The highest BCUT2D eigenvalue weighted by molar-refractivity contribution is 6.26. The van der Waals surface area contributed by atoms with Crippen molar-refractivity contribution < 1.29 is 28.3 Å². The second kappa shape index (κ2) is 13.2. The zero-order valence-corrected chi connectivity index (χ0v) is 17.0. The first-order valence-electron chi connectivity index (χ1n) is 9.44. The van der Waals surface area contributed by atoms with Crippen LogP contribution in [0.15, 0.2) is 24.3 Å². The zero-order valence-electron chi connectivity index (χ0n) is 17.0. The molecule has 164 valence electrons. The van der Waals surface area contributed by atoms with Crippen molar-refractivity contribution in [3.05, 3.63) is 35.6 Å². The first kappa shape index (κ1) is 24.9. The van der Waals surface area contributed by atoms with Gasteiger partial charge in [0.05, 0.1) is 12.8 Å². The maximum atomic E-state index is 13.0. The normalized spacial score (nSPS) is 12.4. The Kier molecular flexibility index (Phi) is 10.9. The van der Waals surface area contributed by atoms with Crippen LogP contribution in [0.25, 0.3) is 0 Å². The van der Waals surface area contributed by atoms with Crippen LogP contribution in [-0.2, 0) is 30.5 Å². The SMILES string of the molecule is CCC(=O)N[C@@H](COC)C(=O)N[C@@H](CCC(=O)C=N)C(=O)NCc1ccc(F)cc1. The number of nitrogens with one attached hydrogen (secondary N) is 4. The van der Waals surface area contributed by atoms with E-state index in [2.05, 4.69) is 16.0 Å². The summed E-state index contributed by atoms with van der Waals surface area (Å²) in [4.78, 5) is 48.3. The highest BCUT2D eigenvalue weighted by Crippen LogP contribution is 2.04. The van der Waals surface area contributed by atoms with Crippen molar-refractivity contribution in [3.63, 3.8) is 0 Å². The fourth-order valence-electron chi connectivity index (χ4n) is 2.46. The van der Waals surface area contributed by atoms with Crippen LogP contribution in [0.2, 0.25) is 0 Å². The molecule has 0 aliphatic heterocycles. The van der Waals surface area contributed by atoms with Crippen LogP contribution in [0.4, 0.5) is 4.39 Å². The lowest BCUT2D eigenvalue weighted by atomic mass is 10.1. The molecular formula is C20H27FN4O5. The van der Waals surface area contributed by atoms with E-state index in [0.717, 1.165) is 0 Å². The number of methoxy groups -OCH3 is 1. The summed E-state index contributed by atoms with van der Waals surface area (Å²) >= 11 is 0. The molecule has 3 amide bonds. The molecule has 1 rings (SSSR count). The molecule has 4 N–H and O–H groups in total. The van der Waals surface area contributed by atoms with E-state index in [-0.39, 0.29) is 38.3 Å². The predicted octanol–water partition coefficient (Wildman–Crippen LogP) is 0.467.